The molecule has 2 saturated heterocycles. The molecule has 3 aliphatic rings. The van der Waals surface area contributed by atoms with Crippen molar-refractivity contribution in [1.82, 2.24) is 15.1 Å². The molecule has 3 amide bonds. The summed E-state index contributed by atoms with van der Waals surface area (Å²) in [5.74, 6) is 0.137. The Morgan fingerprint density at radius 1 is 1.18 bits per heavy atom. The molecule has 1 atom stereocenters. The maximum absolute atomic E-state index is 13.0. The average molecular weight is 463 g/mol. The largest absolute Gasteiger partial charge is 0.489 e. The van der Waals surface area contributed by atoms with E-state index >= 15 is 0 Å². The third-order valence-electron chi connectivity index (χ3n) is 6.43. The molecule has 2 aromatic rings. The molecule has 2 aromatic carbocycles. The van der Waals surface area contributed by atoms with Crippen molar-refractivity contribution in [1.29, 1.82) is 0 Å². The van der Waals surface area contributed by atoms with E-state index in [0.717, 1.165) is 11.1 Å². The van der Waals surface area contributed by atoms with Gasteiger partial charge in [-0.25, -0.2) is 0 Å². The summed E-state index contributed by atoms with van der Waals surface area (Å²) in [5, 5.41) is 2.75. The first-order valence-electron chi connectivity index (χ1n) is 11.9. The number of nitrogens with one attached hydrogen (secondary N) is 1. The van der Waals surface area contributed by atoms with Crippen LogP contribution in [0.1, 0.15) is 41.3 Å². The molecule has 2 fully saturated rings. The molecule has 0 spiro atoms. The van der Waals surface area contributed by atoms with Crippen molar-refractivity contribution in [3.05, 3.63) is 77.0 Å². The van der Waals surface area contributed by atoms with Crippen LogP contribution in [-0.2, 0) is 34.0 Å². The first kappa shape index (κ1) is 20.9. The molecule has 0 bridgehead atoms. The number of hydrogen-bond acceptors (Lipinski definition) is 5. The van der Waals surface area contributed by atoms with Gasteiger partial charge in [-0.2, -0.15) is 0 Å². The molecular weight excluding hydrogens is 434 g/mol. The number of hydrogen-bond donors (Lipinski definition) is 1. The fraction of sp³-hybridized carbons (Fsp3) is 0.346. The SMILES string of the molecule is [2H]c1cc(CN2CCOCC2=O)ccc1COc1cccc2c1CN(C1CCC(=C)NC1=O)C2=O. The smallest absolute Gasteiger partial charge is 0.255 e. The number of benzene rings is 2. The number of fused-ring (bicyclic) bond motifs is 1. The Morgan fingerprint density at radius 2 is 2.03 bits per heavy atom. The average Bonchev–Trinajstić information content (AvgIpc) is 3.17. The lowest BCUT2D eigenvalue weighted by atomic mass is 10.0. The highest BCUT2D eigenvalue weighted by Gasteiger charge is 2.39. The second-order valence-electron chi connectivity index (χ2n) is 8.74. The van der Waals surface area contributed by atoms with Crippen molar-refractivity contribution in [2.75, 3.05) is 19.8 Å². The Hall–Kier alpha value is -3.65. The minimum atomic E-state index is -0.529. The molecule has 8 heteroatoms. The molecule has 5 rings (SSSR count). The predicted molar refractivity (Wildman–Crippen MR) is 124 cm³/mol. The van der Waals surface area contributed by atoms with E-state index in [1.165, 1.54) is 0 Å². The first-order valence-corrected chi connectivity index (χ1v) is 11.4. The molecule has 8 nitrogen and oxygen atoms in total. The van der Waals surface area contributed by atoms with Crippen LogP contribution >= 0.6 is 0 Å². The lowest BCUT2D eigenvalue weighted by Gasteiger charge is -2.31. The Kier molecular flexibility index (Phi) is 5.73. The number of piperidine rings is 1. The highest BCUT2D eigenvalue weighted by molar-refractivity contribution is 6.02. The standard InChI is InChI=1S/C26H27N3O5/c1-17-5-10-22(25(31)27-17)29-14-21-20(26(29)32)3-2-4-23(21)34-15-19-8-6-18(7-9-19)13-28-11-12-33-16-24(28)30/h2-4,6-9,22H,1,5,10-16H2,(H,27,31)/i8D. The zero-order valence-electron chi connectivity index (χ0n) is 19.8. The van der Waals surface area contributed by atoms with Crippen molar-refractivity contribution in [2.24, 2.45) is 0 Å². The summed E-state index contributed by atoms with van der Waals surface area (Å²) in [7, 11) is 0. The zero-order valence-corrected chi connectivity index (χ0v) is 18.8. The first-order chi connectivity index (χ1) is 16.9. The van der Waals surface area contributed by atoms with Gasteiger partial charge in [0, 0.05) is 29.9 Å². The van der Waals surface area contributed by atoms with Crippen LogP contribution in [0.5, 0.6) is 5.75 Å². The molecule has 34 heavy (non-hydrogen) atoms. The van der Waals surface area contributed by atoms with Gasteiger partial charge in [-0.05, 0) is 36.1 Å². The van der Waals surface area contributed by atoms with Crippen molar-refractivity contribution in [3.8, 4) is 5.75 Å². The van der Waals surface area contributed by atoms with Gasteiger partial charge in [0.2, 0.25) is 11.8 Å². The van der Waals surface area contributed by atoms with E-state index in [0.29, 0.717) is 67.7 Å². The van der Waals surface area contributed by atoms with Gasteiger partial charge in [-0.15, -0.1) is 0 Å². The maximum atomic E-state index is 13.0. The van der Waals surface area contributed by atoms with Crippen molar-refractivity contribution < 1.29 is 25.2 Å². The molecule has 0 aromatic heterocycles. The van der Waals surface area contributed by atoms with E-state index in [4.69, 9.17) is 10.8 Å². The summed E-state index contributed by atoms with van der Waals surface area (Å²) in [4.78, 5) is 40.8. The number of nitrogens with zero attached hydrogens (tertiary/aromatic N) is 2. The summed E-state index contributed by atoms with van der Waals surface area (Å²) in [5.41, 5.74) is 3.54. The molecule has 3 heterocycles. The van der Waals surface area contributed by atoms with E-state index in [-0.39, 0.29) is 30.9 Å². The Bertz CT molecular complexity index is 1210. The maximum Gasteiger partial charge on any atom is 0.255 e. The van der Waals surface area contributed by atoms with Gasteiger partial charge in [0.15, 0.2) is 0 Å². The molecule has 3 aliphatic heterocycles. The molecule has 0 aliphatic carbocycles. The number of amides is 3. The summed E-state index contributed by atoms with van der Waals surface area (Å²) in [6.45, 7) is 5.89. The lowest BCUT2D eigenvalue weighted by Crippen LogP contribution is -2.49. The fourth-order valence-corrected chi connectivity index (χ4v) is 4.54. The zero-order chi connectivity index (χ0) is 24.5. The Morgan fingerprint density at radius 3 is 2.82 bits per heavy atom. The van der Waals surface area contributed by atoms with Crippen molar-refractivity contribution in [3.63, 3.8) is 0 Å². The third kappa shape index (κ3) is 4.41. The third-order valence-corrected chi connectivity index (χ3v) is 6.43. The molecule has 0 radical (unpaired) electrons. The van der Waals surface area contributed by atoms with Crippen molar-refractivity contribution >= 4 is 17.7 Å². The van der Waals surface area contributed by atoms with E-state index < -0.39 is 6.04 Å². The second-order valence-corrected chi connectivity index (χ2v) is 8.74. The van der Waals surface area contributed by atoms with Gasteiger partial charge < -0.3 is 24.6 Å². The van der Waals surface area contributed by atoms with Crippen LogP contribution in [0.4, 0.5) is 0 Å². The normalized spacial score (nSPS) is 20.8. The number of carbonyl (C=O) groups is 3. The number of carbonyl (C=O) groups excluding carboxylic acids is 3. The topological polar surface area (TPSA) is 88.2 Å². The highest BCUT2D eigenvalue weighted by Crippen LogP contribution is 2.34. The monoisotopic (exact) mass is 462 g/mol. The van der Waals surface area contributed by atoms with Gasteiger partial charge in [-0.3, -0.25) is 14.4 Å². The quantitative estimate of drug-likeness (QED) is 0.712. The molecule has 176 valence electrons. The Labute approximate surface area is 199 Å². The molecule has 1 N–H and O–H groups in total. The van der Waals surface area contributed by atoms with Gasteiger partial charge >= 0.3 is 0 Å². The fourth-order valence-electron chi connectivity index (χ4n) is 4.54. The molecule has 1 unspecified atom stereocenters. The van der Waals surface area contributed by atoms with Crippen LogP contribution < -0.4 is 10.1 Å². The van der Waals surface area contributed by atoms with Crippen LogP contribution in [0.15, 0.2) is 54.7 Å². The second kappa shape index (κ2) is 9.30. The minimum absolute atomic E-state index is 0.0487. The number of allylic oxidation sites excluding steroid dienone is 1. The number of ether oxygens (including phenoxy) is 2. The predicted octanol–water partition coefficient (Wildman–Crippen LogP) is 2.37. The van der Waals surface area contributed by atoms with Crippen LogP contribution in [0.25, 0.3) is 0 Å². The van der Waals surface area contributed by atoms with E-state index in [9.17, 15) is 14.4 Å². The number of morpholine rings is 1. The summed E-state index contributed by atoms with van der Waals surface area (Å²) in [6, 6.07) is 10.6. The van der Waals surface area contributed by atoms with E-state index in [2.05, 4.69) is 11.9 Å². The van der Waals surface area contributed by atoms with E-state index in [1.54, 1.807) is 34.1 Å². The molecule has 0 saturated carbocycles. The van der Waals surface area contributed by atoms with E-state index in [1.807, 2.05) is 12.1 Å². The minimum Gasteiger partial charge on any atom is -0.489 e. The van der Waals surface area contributed by atoms with Crippen LogP contribution in [0, 0.1) is 0 Å². The van der Waals surface area contributed by atoms with Crippen LogP contribution in [0.3, 0.4) is 0 Å². The highest BCUT2D eigenvalue weighted by atomic mass is 16.5. The van der Waals surface area contributed by atoms with Crippen molar-refractivity contribution in [2.45, 2.75) is 38.6 Å². The summed E-state index contributed by atoms with van der Waals surface area (Å²) >= 11 is 0. The number of rotatable bonds is 6. The lowest BCUT2D eigenvalue weighted by molar-refractivity contribution is -0.143. The van der Waals surface area contributed by atoms with Crippen LogP contribution in [0.2, 0.25) is 0 Å². The molecular formula is C26H27N3O5. The van der Waals surface area contributed by atoms with Crippen LogP contribution in [-0.4, -0.2) is 53.3 Å². The van der Waals surface area contributed by atoms with Gasteiger partial charge in [-0.1, -0.05) is 36.9 Å². The van der Waals surface area contributed by atoms with Gasteiger partial charge in [0.05, 0.1) is 14.5 Å². The summed E-state index contributed by atoms with van der Waals surface area (Å²) < 4.78 is 19.6. The summed E-state index contributed by atoms with van der Waals surface area (Å²) in [6.07, 6.45) is 1.19. The van der Waals surface area contributed by atoms with Gasteiger partial charge in [0.25, 0.3) is 5.91 Å². The Balaban J connectivity index is 1.26. The van der Waals surface area contributed by atoms with Gasteiger partial charge in [0.1, 0.15) is 25.0 Å².